The first-order valence-corrected chi connectivity index (χ1v) is 3.97. The Bertz CT molecular complexity index is 183. The third kappa shape index (κ3) is 0.851. The van der Waals surface area contributed by atoms with Gasteiger partial charge in [0.05, 0.1) is 6.61 Å². The summed E-state index contributed by atoms with van der Waals surface area (Å²) in [4.78, 5) is 0. The molecule has 0 bridgehead atoms. The van der Waals surface area contributed by atoms with E-state index in [2.05, 4.69) is 11.9 Å². The van der Waals surface area contributed by atoms with Crippen molar-refractivity contribution in [3.05, 3.63) is 12.7 Å². The molecule has 5 atom stereocenters. The highest BCUT2D eigenvalue weighted by molar-refractivity contribution is 5.16. The van der Waals surface area contributed by atoms with E-state index in [0.717, 1.165) is 0 Å². The summed E-state index contributed by atoms with van der Waals surface area (Å²) in [5.74, 6) is 1.15. The number of hydrogen-bond donors (Lipinski definition) is 3. The second-order valence-electron chi connectivity index (χ2n) is 3.37. The van der Waals surface area contributed by atoms with E-state index in [1.54, 1.807) is 0 Å². The molecule has 0 spiro atoms. The topological polar surface area (TPSA) is 52.5 Å². The number of piperidine rings is 1. The zero-order valence-electron chi connectivity index (χ0n) is 6.27. The summed E-state index contributed by atoms with van der Waals surface area (Å²) in [6.07, 6.45) is 1.45. The molecule has 11 heavy (non-hydrogen) atoms. The minimum atomic E-state index is -0.430. The highest BCUT2D eigenvalue weighted by atomic mass is 16.3. The van der Waals surface area contributed by atoms with E-state index in [0.29, 0.717) is 17.8 Å². The average Bonchev–Trinajstić information content (AvgIpc) is 2.65. The Morgan fingerprint density at radius 2 is 2.18 bits per heavy atom. The first-order valence-electron chi connectivity index (χ1n) is 3.97. The van der Waals surface area contributed by atoms with Crippen LogP contribution in [0.25, 0.3) is 0 Å². The van der Waals surface area contributed by atoms with E-state index >= 15 is 0 Å². The van der Waals surface area contributed by atoms with Gasteiger partial charge in [-0.05, 0) is 11.8 Å². The lowest BCUT2D eigenvalue weighted by atomic mass is 10.2. The van der Waals surface area contributed by atoms with Crippen molar-refractivity contribution in [1.82, 2.24) is 5.32 Å². The normalized spacial score (nSPS) is 53.8. The molecule has 1 saturated carbocycles. The fourth-order valence-corrected chi connectivity index (χ4v) is 2.27. The number of aliphatic hydroxyl groups excluding tert-OH is 2. The third-order valence-corrected chi connectivity index (χ3v) is 2.88. The maximum Gasteiger partial charge on any atom is 0.108 e. The fourth-order valence-electron chi connectivity index (χ4n) is 2.27. The summed E-state index contributed by atoms with van der Waals surface area (Å²) >= 11 is 0. The molecule has 1 heterocycles. The molecule has 2 aliphatic rings. The summed E-state index contributed by atoms with van der Waals surface area (Å²) in [7, 11) is 0. The smallest absolute Gasteiger partial charge is 0.108 e. The molecule has 0 amide bonds. The second kappa shape index (κ2) is 2.30. The van der Waals surface area contributed by atoms with Crippen LogP contribution in [0.3, 0.4) is 0 Å². The van der Waals surface area contributed by atoms with Gasteiger partial charge in [0.15, 0.2) is 0 Å². The minimum absolute atomic E-state index is 0.0815. The van der Waals surface area contributed by atoms with E-state index in [-0.39, 0.29) is 12.6 Å². The maximum absolute atomic E-state index is 9.37. The van der Waals surface area contributed by atoms with Gasteiger partial charge in [0, 0.05) is 12.0 Å². The van der Waals surface area contributed by atoms with Crippen LogP contribution in [0.1, 0.15) is 0 Å². The van der Waals surface area contributed by atoms with Gasteiger partial charge >= 0.3 is 0 Å². The third-order valence-electron chi connectivity index (χ3n) is 2.88. The standard InChI is InChI=1S/C8H13NO2/c1-2-4-6-5(3-10)9-8(11)7(4)6/h2,4-11H,1,3H2. The van der Waals surface area contributed by atoms with Crippen molar-refractivity contribution < 1.29 is 10.2 Å². The zero-order chi connectivity index (χ0) is 8.01. The van der Waals surface area contributed by atoms with Crippen molar-refractivity contribution in [3.63, 3.8) is 0 Å². The van der Waals surface area contributed by atoms with Crippen molar-refractivity contribution in [2.24, 2.45) is 17.8 Å². The molecule has 5 unspecified atom stereocenters. The number of allylic oxidation sites excluding steroid dienone is 1. The highest BCUT2D eigenvalue weighted by Gasteiger charge is 2.60. The van der Waals surface area contributed by atoms with E-state index in [1.807, 2.05) is 6.08 Å². The summed E-state index contributed by atoms with van der Waals surface area (Å²) in [6.45, 7) is 3.80. The van der Waals surface area contributed by atoms with Gasteiger partial charge in [-0.2, -0.15) is 0 Å². The number of fused-ring (bicyclic) bond motifs is 1. The molecule has 0 aromatic heterocycles. The first kappa shape index (κ1) is 7.28. The van der Waals surface area contributed by atoms with E-state index in [4.69, 9.17) is 5.11 Å². The van der Waals surface area contributed by atoms with Crippen LogP contribution in [0.15, 0.2) is 12.7 Å². The van der Waals surface area contributed by atoms with Crippen molar-refractivity contribution in [2.45, 2.75) is 12.3 Å². The largest absolute Gasteiger partial charge is 0.395 e. The first-order chi connectivity index (χ1) is 5.29. The van der Waals surface area contributed by atoms with Gasteiger partial charge in [-0.1, -0.05) is 6.08 Å². The summed E-state index contributed by atoms with van der Waals surface area (Å²) < 4.78 is 0. The number of rotatable bonds is 2. The van der Waals surface area contributed by atoms with Crippen molar-refractivity contribution in [3.8, 4) is 0 Å². The predicted molar refractivity (Wildman–Crippen MR) is 40.7 cm³/mol. The Balaban J connectivity index is 2.06. The monoisotopic (exact) mass is 155 g/mol. The van der Waals surface area contributed by atoms with Crippen LogP contribution in [0.2, 0.25) is 0 Å². The summed E-state index contributed by atoms with van der Waals surface area (Å²) in [5, 5.41) is 21.2. The van der Waals surface area contributed by atoms with Crippen LogP contribution in [-0.2, 0) is 0 Å². The van der Waals surface area contributed by atoms with Gasteiger partial charge in [-0.15, -0.1) is 6.58 Å². The second-order valence-corrected chi connectivity index (χ2v) is 3.37. The lowest BCUT2D eigenvalue weighted by Crippen LogP contribution is -2.37. The molecule has 2 rings (SSSR count). The van der Waals surface area contributed by atoms with Crippen molar-refractivity contribution in [1.29, 1.82) is 0 Å². The van der Waals surface area contributed by atoms with E-state index < -0.39 is 6.23 Å². The molecule has 3 N–H and O–H groups in total. The molecule has 3 heteroatoms. The quantitative estimate of drug-likeness (QED) is 0.463. The van der Waals surface area contributed by atoms with Crippen LogP contribution < -0.4 is 5.32 Å². The molecule has 1 aliphatic carbocycles. The highest BCUT2D eigenvalue weighted by Crippen LogP contribution is 2.54. The molecule has 2 fully saturated rings. The van der Waals surface area contributed by atoms with Crippen molar-refractivity contribution >= 4 is 0 Å². The van der Waals surface area contributed by atoms with E-state index in [9.17, 15) is 5.11 Å². The number of hydrogen-bond acceptors (Lipinski definition) is 3. The average molecular weight is 155 g/mol. The lowest BCUT2D eigenvalue weighted by Gasteiger charge is -2.14. The number of aliphatic hydroxyl groups is 2. The van der Waals surface area contributed by atoms with E-state index in [1.165, 1.54) is 0 Å². The summed E-state index contributed by atoms with van der Waals surface area (Å²) in [5.41, 5.74) is 0. The van der Waals surface area contributed by atoms with Gasteiger partial charge in [-0.3, -0.25) is 5.32 Å². The Morgan fingerprint density at radius 3 is 2.64 bits per heavy atom. The van der Waals surface area contributed by atoms with Crippen LogP contribution in [-0.4, -0.2) is 29.1 Å². The fraction of sp³-hybridized carbons (Fsp3) is 0.750. The molecule has 1 saturated heterocycles. The van der Waals surface area contributed by atoms with Gasteiger partial charge in [-0.25, -0.2) is 0 Å². The van der Waals surface area contributed by atoms with Crippen LogP contribution >= 0.6 is 0 Å². The van der Waals surface area contributed by atoms with Crippen LogP contribution in [0, 0.1) is 17.8 Å². The maximum atomic E-state index is 9.37. The van der Waals surface area contributed by atoms with Gasteiger partial charge in [0.1, 0.15) is 6.23 Å². The molecule has 1 aliphatic heterocycles. The number of nitrogens with one attached hydrogen (secondary N) is 1. The van der Waals surface area contributed by atoms with Crippen LogP contribution in [0.4, 0.5) is 0 Å². The molecular weight excluding hydrogens is 142 g/mol. The SMILES string of the molecule is C=CC1C2C(O)NC(CO)C12. The Hall–Kier alpha value is -0.380. The Labute approximate surface area is 65.7 Å². The lowest BCUT2D eigenvalue weighted by molar-refractivity contribution is 0.111. The summed E-state index contributed by atoms with van der Waals surface area (Å²) in [6, 6.07) is 0.0815. The predicted octanol–water partition coefficient (Wildman–Crippen LogP) is -0.683. The minimum Gasteiger partial charge on any atom is -0.395 e. The van der Waals surface area contributed by atoms with Crippen molar-refractivity contribution in [2.75, 3.05) is 6.61 Å². The molecule has 3 nitrogen and oxygen atoms in total. The Kier molecular flexibility index (Phi) is 1.52. The van der Waals surface area contributed by atoms with Gasteiger partial charge in [0.2, 0.25) is 0 Å². The molecular formula is C8H13NO2. The molecule has 0 radical (unpaired) electrons. The van der Waals surface area contributed by atoms with Gasteiger partial charge < -0.3 is 10.2 Å². The zero-order valence-corrected chi connectivity index (χ0v) is 6.27. The Morgan fingerprint density at radius 1 is 1.45 bits per heavy atom. The van der Waals surface area contributed by atoms with Gasteiger partial charge in [0.25, 0.3) is 0 Å². The molecule has 0 aromatic carbocycles. The molecule has 0 aromatic rings. The molecule has 62 valence electrons. The van der Waals surface area contributed by atoms with Crippen LogP contribution in [0.5, 0.6) is 0 Å².